The molecule has 0 spiro atoms. The molecule has 0 bridgehead atoms. The van der Waals surface area contributed by atoms with Gasteiger partial charge < -0.3 is 14.2 Å². The Morgan fingerprint density at radius 2 is 0.667 bits per heavy atom. The van der Waals surface area contributed by atoms with Gasteiger partial charge in [-0.1, -0.05) is 36.4 Å². The lowest BCUT2D eigenvalue weighted by atomic mass is 10.1. The van der Waals surface area contributed by atoms with Crippen LogP contribution in [-0.4, -0.2) is 54.2 Å². The number of benzene rings is 3. The number of carbonyl (C=O) groups excluding carboxylic acids is 3. The molecule has 0 aliphatic heterocycles. The average Bonchev–Trinajstić information content (AvgIpc) is 2.95. The van der Waals surface area contributed by atoms with E-state index < -0.39 is 17.9 Å². The summed E-state index contributed by atoms with van der Waals surface area (Å²) < 4.78 is 14.3. The van der Waals surface area contributed by atoms with Crippen LogP contribution in [0.5, 0.6) is 0 Å². The molecule has 3 aromatic carbocycles. The Morgan fingerprint density at radius 3 is 0.861 bits per heavy atom. The molecule has 180 valence electrons. The predicted molar refractivity (Wildman–Crippen MR) is 130 cm³/mol. The molecule has 1 heterocycles. The molecule has 0 aliphatic rings. The van der Waals surface area contributed by atoms with E-state index in [1.54, 1.807) is 72.8 Å². The zero-order valence-corrected chi connectivity index (χ0v) is 19.7. The van der Waals surface area contributed by atoms with Gasteiger partial charge >= 0.3 is 17.9 Å². The summed E-state index contributed by atoms with van der Waals surface area (Å²) in [6, 6.07) is 20.1. The third kappa shape index (κ3) is 5.10. The van der Waals surface area contributed by atoms with Gasteiger partial charge in [0.2, 0.25) is 0 Å². The number of esters is 3. The van der Waals surface area contributed by atoms with Gasteiger partial charge in [0, 0.05) is 16.7 Å². The Labute approximate surface area is 206 Å². The smallest absolute Gasteiger partial charge is 0.337 e. The Morgan fingerprint density at radius 1 is 0.444 bits per heavy atom. The second kappa shape index (κ2) is 10.6. The molecular formula is C27H21N3O6. The van der Waals surface area contributed by atoms with Crippen LogP contribution in [0, 0.1) is 0 Å². The van der Waals surface area contributed by atoms with Gasteiger partial charge in [-0.2, -0.15) is 0 Å². The average molecular weight is 483 g/mol. The molecule has 0 atom stereocenters. The Bertz CT molecular complexity index is 1230. The molecular weight excluding hydrogens is 462 g/mol. The summed E-state index contributed by atoms with van der Waals surface area (Å²) in [7, 11) is 3.95. The molecule has 0 aliphatic carbocycles. The standard InChI is InChI=1S/C27H21N3O6/c1-34-25(31)19-10-4-16(5-11-19)22-28-23(17-6-12-20(13-7-17)26(32)35-2)30-24(29-22)18-8-14-21(15-9-18)27(33)36-3/h4-15H,1-3H3. The first-order valence-electron chi connectivity index (χ1n) is 10.8. The zero-order valence-electron chi connectivity index (χ0n) is 19.7. The summed E-state index contributed by atoms with van der Waals surface area (Å²) in [6.45, 7) is 0. The van der Waals surface area contributed by atoms with Crippen molar-refractivity contribution in [2.75, 3.05) is 21.3 Å². The van der Waals surface area contributed by atoms with Crippen LogP contribution < -0.4 is 0 Å². The summed E-state index contributed by atoms with van der Waals surface area (Å²) in [5, 5.41) is 0. The second-order valence-corrected chi connectivity index (χ2v) is 7.51. The van der Waals surface area contributed by atoms with Gasteiger partial charge in [-0.05, 0) is 36.4 Å². The third-order valence-corrected chi connectivity index (χ3v) is 5.33. The van der Waals surface area contributed by atoms with Crippen LogP contribution in [0.2, 0.25) is 0 Å². The SMILES string of the molecule is COC(=O)c1ccc(-c2nc(-c3ccc(C(=O)OC)cc3)nc(-c3ccc(C(=O)OC)cc3)n2)cc1. The molecule has 0 saturated carbocycles. The number of nitrogens with zero attached hydrogens (tertiary/aromatic N) is 3. The lowest BCUT2D eigenvalue weighted by Gasteiger charge is -2.09. The molecule has 36 heavy (non-hydrogen) atoms. The lowest BCUT2D eigenvalue weighted by molar-refractivity contribution is 0.0592. The van der Waals surface area contributed by atoms with Crippen molar-refractivity contribution in [3.8, 4) is 34.2 Å². The van der Waals surface area contributed by atoms with Crippen molar-refractivity contribution in [1.82, 2.24) is 15.0 Å². The van der Waals surface area contributed by atoms with Crippen LogP contribution in [0.3, 0.4) is 0 Å². The first-order chi connectivity index (χ1) is 17.4. The summed E-state index contributed by atoms with van der Waals surface area (Å²) in [5.41, 5.74) is 3.16. The molecule has 0 saturated heterocycles. The maximum atomic E-state index is 11.8. The Balaban J connectivity index is 1.80. The molecule has 4 rings (SSSR count). The highest BCUT2D eigenvalue weighted by molar-refractivity contribution is 5.91. The van der Waals surface area contributed by atoms with Gasteiger partial charge in [0.1, 0.15) is 0 Å². The molecule has 0 fully saturated rings. The minimum atomic E-state index is -0.449. The molecule has 1 aromatic heterocycles. The quantitative estimate of drug-likeness (QED) is 0.293. The van der Waals surface area contributed by atoms with Crippen molar-refractivity contribution in [2.24, 2.45) is 0 Å². The van der Waals surface area contributed by atoms with Crippen LogP contribution >= 0.6 is 0 Å². The summed E-state index contributed by atoms with van der Waals surface area (Å²) in [6.07, 6.45) is 0. The van der Waals surface area contributed by atoms with Gasteiger partial charge in [0.15, 0.2) is 17.5 Å². The number of hydrogen-bond acceptors (Lipinski definition) is 9. The number of rotatable bonds is 6. The zero-order chi connectivity index (χ0) is 25.7. The van der Waals surface area contributed by atoms with Crippen molar-refractivity contribution in [1.29, 1.82) is 0 Å². The first-order valence-corrected chi connectivity index (χ1v) is 10.8. The van der Waals surface area contributed by atoms with Crippen molar-refractivity contribution in [3.05, 3.63) is 89.5 Å². The van der Waals surface area contributed by atoms with Gasteiger partial charge in [-0.15, -0.1) is 0 Å². The second-order valence-electron chi connectivity index (χ2n) is 7.51. The lowest BCUT2D eigenvalue weighted by Crippen LogP contribution is -2.04. The van der Waals surface area contributed by atoms with Gasteiger partial charge in [0.25, 0.3) is 0 Å². The van der Waals surface area contributed by atoms with Crippen LogP contribution in [0.15, 0.2) is 72.8 Å². The van der Waals surface area contributed by atoms with Gasteiger partial charge in [0.05, 0.1) is 38.0 Å². The van der Waals surface area contributed by atoms with Gasteiger partial charge in [-0.3, -0.25) is 0 Å². The van der Waals surface area contributed by atoms with E-state index >= 15 is 0 Å². The van der Waals surface area contributed by atoms with E-state index in [1.807, 2.05) is 0 Å². The van der Waals surface area contributed by atoms with Crippen molar-refractivity contribution in [2.45, 2.75) is 0 Å². The van der Waals surface area contributed by atoms with Crippen LogP contribution in [0.25, 0.3) is 34.2 Å². The Hall–Kier alpha value is -4.92. The molecule has 9 nitrogen and oxygen atoms in total. The van der Waals surface area contributed by atoms with E-state index in [2.05, 4.69) is 15.0 Å². The number of hydrogen-bond donors (Lipinski definition) is 0. The van der Waals surface area contributed by atoms with Crippen LogP contribution in [0.1, 0.15) is 31.1 Å². The van der Waals surface area contributed by atoms with Crippen LogP contribution in [0.4, 0.5) is 0 Å². The fourth-order valence-electron chi connectivity index (χ4n) is 3.38. The Kier molecular flexibility index (Phi) is 7.10. The molecule has 0 N–H and O–H groups in total. The van der Waals surface area contributed by atoms with Crippen LogP contribution in [-0.2, 0) is 14.2 Å². The maximum Gasteiger partial charge on any atom is 0.337 e. The maximum absolute atomic E-state index is 11.8. The molecule has 9 heteroatoms. The molecule has 0 radical (unpaired) electrons. The van der Waals surface area contributed by atoms with E-state index in [0.29, 0.717) is 50.9 Å². The number of aromatic nitrogens is 3. The first kappa shape index (κ1) is 24.2. The van der Waals surface area contributed by atoms with E-state index in [-0.39, 0.29) is 0 Å². The van der Waals surface area contributed by atoms with E-state index in [9.17, 15) is 14.4 Å². The minimum absolute atomic E-state index is 0.375. The largest absolute Gasteiger partial charge is 0.465 e. The molecule has 0 amide bonds. The fraction of sp³-hybridized carbons (Fsp3) is 0.111. The van der Waals surface area contributed by atoms with Gasteiger partial charge in [-0.25, -0.2) is 29.3 Å². The normalized spacial score (nSPS) is 10.4. The summed E-state index contributed by atoms with van der Waals surface area (Å²) in [4.78, 5) is 49.3. The van der Waals surface area contributed by atoms with E-state index in [0.717, 1.165) is 0 Å². The van der Waals surface area contributed by atoms with Crippen molar-refractivity contribution < 1.29 is 28.6 Å². The number of carbonyl (C=O) groups is 3. The summed E-state index contributed by atoms with van der Waals surface area (Å²) in [5.74, 6) is -0.221. The number of ether oxygens (including phenoxy) is 3. The monoisotopic (exact) mass is 483 g/mol. The molecule has 0 unspecified atom stereocenters. The molecule has 4 aromatic rings. The minimum Gasteiger partial charge on any atom is -0.465 e. The highest BCUT2D eigenvalue weighted by atomic mass is 16.5. The van der Waals surface area contributed by atoms with E-state index in [4.69, 9.17) is 14.2 Å². The van der Waals surface area contributed by atoms with E-state index in [1.165, 1.54) is 21.3 Å². The highest BCUT2D eigenvalue weighted by Crippen LogP contribution is 2.26. The summed E-state index contributed by atoms with van der Waals surface area (Å²) >= 11 is 0. The third-order valence-electron chi connectivity index (χ3n) is 5.33. The predicted octanol–water partition coefficient (Wildman–Crippen LogP) is 4.23. The fourth-order valence-corrected chi connectivity index (χ4v) is 3.38. The highest BCUT2D eigenvalue weighted by Gasteiger charge is 2.15. The van der Waals surface area contributed by atoms with Crippen molar-refractivity contribution in [3.63, 3.8) is 0 Å². The topological polar surface area (TPSA) is 118 Å². The van der Waals surface area contributed by atoms with Crippen molar-refractivity contribution >= 4 is 17.9 Å². The number of methoxy groups -OCH3 is 3.